The zero-order chi connectivity index (χ0) is 14.8. The summed E-state index contributed by atoms with van der Waals surface area (Å²) in [5.41, 5.74) is -0.0633. The summed E-state index contributed by atoms with van der Waals surface area (Å²) >= 11 is 0. The summed E-state index contributed by atoms with van der Waals surface area (Å²) in [4.78, 5) is 26.7. The third-order valence-electron chi connectivity index (χ3n) is 2.98. The van der Waals surface area contributed by atoms with Gasteiger partial charge in [0.05, 0.1) is 17.1 Å². The summed E-state index contributed by atoms with van der Waals surface area (Å²) in [6, 6.07) is 13.1. The van der Waals surface area contributed by atoms with E-state index in [4.69, 9.17) is 0 Å². The zero-order valence-electron chi connectivity index (χ0n) is 10.9. The maximum atomic E-state index is 12.2. The van der Waals surface area contributed by atoms with Crippen molar-refractivity contribution in [1.82, 2.24) is 9.66 Å². The number of phenols is 1. The average Bonchev–Trinajstić information content (AvgIpc) is 2.47. The lowest BCUT2D eigenvalue weighted by molar-refractivity contribution is 0.475. The summed E-state index contributed by atoms with van der Waals surface area (Å²) in [6.45, 7) is 0. The normalized spacial score (nSPS) is 11.2. The molecule has 1 aromatic heterocycles. The lowest BCUT2D eigenvalue weighted by atomic mass is 10.2. The van der Waals surface area contributed by atoms with E-state index >= 15 is 0 Å². The van der Waals surface area contributed by atoms with E-state index in [0.29, 0.717) is 16.5 Å². The standard InChI is InChI=1S/C15H11N3O3/c19-11-5-3-4-10(8-11)9-16-18-14(20)12-6-1-2-7-13(12)17-15(18)21/h1-9,19H,(H,17,21). The number of hydrogen-bond acceptors (Lipinski definition) is 4. The van der Waals surface area contributed by atoms with Gasteiger partial charge < -0.3 is 10.1 Å². The molecule has 0 amide bonds. The molecule has 0 aliphatic rings. The predicted molar refractivity (Wildman–Crippen MR) is 79.9 cm³/mol. The van der Waals surface area contributed by atoms with E-state index in [-0.39, 0.29) is 5.75 Å². The van der Waals surface area contributed by atoms with Crippen LogP contribution in [0.1, 0.15) is 5.56 Å². The molecule has 3 rings (SSSR count). The molecule has 0 atom stereocenters. The molecular weight excluding hydrogens is 270 g/mol. The Hall–Kier alpha value is -3.15. The number of rotatable bonds is 2. The number of aromatic hydroxyl groups is 1. The Bertz CT molecular complexity index is 954. The number of fused-ring (bicyclic) bond motifs is 1. The summed E-state index contributed by atoms with van der Waals surface area (Å²) in [6.07, 6.45) is 1.34. The Balaban J connectivity index is 2.13. The molecule has 21 heavy (non-hydrogen) atoms. The molecule has 0 aliphatic heterocycles. The van der Waals surface area contributed by atoms with Gasteiger partial charge in [-0.15, -0.1) is 4.68 Å². The fourth-order valence-corrected chi connectivity index (χ4v) is 1.99. The topological polar surface area (TPSA) is 87.5 Å². The van der Waals surface area contributed by atoms with Crippen LogP contribution >= 0.6 is 0 Å². The second-order valence-electron chi connectivity index (χ2n) is 4.43. The molecule has 6 nitrogen and oxygen atoms in total. The smallest absolute Gasteiger partial charge is 0.349 e. The predicted octanol–water partition coefficient (Wildman–Crippen LogP) is 1.28. The summed E-state index contributed by atoms with van der Waals surface area (Å²) in [5, 5.41) is 13.6. The molecule has 0 unspecified atom stereocenters. The third-order valence-corrected chi connectivity index (χ3v) is 2.98. The first-order valence-electron chi connectivity index (χ1n) is 6.22. The minimum absolute atomic E-state index is 0.0821. The first-order valence-corrected chi connectivity index (χ1v) is 6.22. The van der Waals surface area contributed by atoms with Crippen LogP contribution in [0.15, 0.2) is 63.2 Å². The van der Waals surface area contributed by atoms with Crippen LogP contribution in [0.4, 0.5) is 0 Å². The van der Waals surface area contributed by atoms with Crippen molar-refractivity contribution in [3.05, 3.63) is 74.9 Å². The van der Waals surface area contributed by atoms with Crippen molar-refractivity contribution in [3.8, 4) is 5.75 Å². The number of aromatic amines is 1. The Morgan fingerprint density at radius 1 is 1.10 bits per heavy atom. The molecule has 0 radical (unpaired) electrons. The molecule has 0 saturated heterocycles. The number of phenolic OH excluding ortho intramolecular Hbond substituents is 1. The van der Waals surface area contributed by atoms with Crippen LogP contribution < -0.4 is 11.2 Å². The van der Waals surface area contributed by atoms with Gasteiger partial charge in [-0.3, -0.25) is 4.79 Å². The molecule has 0 fully saturated rings. The maximum absolute atomic E-state index is 12.2. The monoisotopic (exact) mass is 281 g/mol. The van der Waals surface area contributed by atoms with Gasteiger partial charge in [0.25, 0.3) is 5.56 Å². The molecule has 2 N–H and O–H groups in total. The quantitative estimate of drug-likeness (QED) is 0.693. The van der Waals surface area contributed by atoms with Crippen LogP contribution in [0.3, 0.4) is 0 Å². The molecule has 1 heterocycles. The molecule has 0 bridgehead atoms. The van der Waals surface area contributed by atoms with Crippen molar-refractivity contribution in [2.75, 3.05) is 0 Å². The highest BCUT2D eigenvalue weighted by molar-refractivity contribution is 5.80. The largest absolute Gasteiger partial charge is 0.508 e. The zero-order valence-corrected chi connectivity index (χ0v) is 10.9. The highest BCUT2D eigenvalue weighted by atomic mass is 16.3. The van der Waals surface area contributed by atoms with Crippen LogP contribution in [0, 0.1) is 0 Å². The van der Waals surface area contributed by atoms with Crippen molar-refractivity contribution in [3.63, 3.8) is 0 Å². The molecule has 104 valence electrons. The summed E-state index contributed by atoms with van der Waals surface area (Å²) in [7, 11) is 0. The van der Waals surface area contributed by atoms with E-state index in [0.717, 1.165) is 4.68 Å². The number of hydrogen-bond donors (Lipinski definition) is 2. The van der Waals surface area contributed by atoms with Crippen LogP contribution in [0.5, 0.6) is 5.75 Å². The van der Waals surface area contributed by atoms with Gasteiger partial charge in [-0.25, -0.2) is 4.79 Å². The van der Waals surface area contributed by atoms with Crippen molar-refractivity contribution in [1.29, 1.82) is 0 Å². The molecule has 0 saturated carbocycles. The fraction of sp³-hybridized carbons (Fsp3) is 0. The second-order valence-corrected chi connectivity index (χ2v) is 4.43. The highest BCUT2D eigenvalue weighted by Gasteiger charge is 2.05. The van der Waals surface area contributed by atoms with Crippen LogP contribution in [-0.2, 0) is 0 Å². The lowest BCUT2D eigenvalue weighted by Crippen LogP contribution is -2.32. The number of nitrogens with zero attached hydrogens (tertiary/aromatic N) is 2. The van der Waals surface area contributed by atoms with Crippen molar-refractivity contribution in [2.24, 2.45) is 5.10 Å². The van der Waals surface area contributed by atoms with E-state index < -0.39 is 11.2 Å². The fourth-order valence-electron chi connectivity index (χ4n) is 1.99. The van der Waals surface area contributed by atoms with E-state index in [1.54, 1.807) is 36.4 Å². The number of para-hydroxylation sites is 1. The van der Waals surface area contributed by atoms with Gasteiger partial charge in [0, 0.05) is 0 Å². The second kappa shape index (κ2) is 5.09. The molecular formula is C15H11N3O3. The van der Waals surface area contributed by atoms with Gasteiger partial charge in [0.15, 0.2) is 0 Å². The molecule has 3 aromatic rings. The van der Waals surface area contributed by atoms with Gasteiger partial charge in [-0.2, -0.15) is 5.10 Å². The Kier molecular flexibility index (Phi) is 3.12. The van der Waals surface area contributed by atoms with Crippen molar-refractivity contribution < 1.29 is 5.11 Å². The van der Waals surface area contributed by atoms with E-state index in [1.807, 2.05) is 0 Å². The minimum atomic E-state index is -0.616. The maximum Gasteiger partial charge on any atom is 0.349 e. The third kappa shape index (κ3) is 2.46. The lowest BCUT2D eigenvalue weighted by Gasteiger charge is -2.00. The van der Waals surface area contributed by atoms with Gasteiger partial charge in [0.2, 0.25) is 0 Å². The van der Waals surface area contributed by atoms with Gasteiger partial charge in [-0.05, 0) is 29.8 Å². The van der Waals surface area contributed by atoms with Crippen molar-refractivity contribution >= 4 is 17.1 Å². The first kappa shape index (κ1) is 12.9. The highest BCUT2D eigenvalue weighted by Crippen LogP contribution is 2.08. The Morgan fingerprint density at radius 2 is 1.90 bits per heavy atom. The SMILES string of the molecule is O=c1[nH]c2ccccc2c(=O)n1N=Cc1cccc(O)c1. The average molecular weight is 281 g/mol. The van der Waals surface area contributed by atoms with E-state index in [2.05, 4.69) is 10.1 Å². The number of nitrogens with one attached hydrogen (secondary N) is 1. The van der Waals surface area contributed by atoms with Crippen molar-refractivity contribution in [2.45, 2.75) is 0 Å². The summed E-state index contributed by atoms with van der Waals surface area (Å²) in [5.74, 6) is 0.0821. The number of aromatic nitrogens is 2. The van der Waals surface area contributed by atoms with Crippen LogP contribution in [-0.4, -0.2) is 21.0 Å². The van der Waals surface area contributed by atoms with Gasteiger partial charge >= 0.3 is 5.69 Å². The van der Waals surface area contributed by atoms with E-state index in [9.17, 15) is 14.7 Å². The number of H-pyrrole nitrogens is 1. The Labute approximate surface area is 118 Å². The number of benzene rings is 2. The molecule has 6 heteroatoms. The van der Waals surface area contributed by atoms with Crippen LogP contribution in [0.2, 0.25) is 0 Å². The minimum Gasteiger partial charge on any atom is -0.508 e. The van der Waals surface area contributed by atoms with E-state index in [1.165, 1.54) is 18.3 Å². The first-order chi connectivity index (χ1) is 10.1. The Morgan fingerprint density at radius 3 is 2.71 bits per heavy atom. The molecule has 0 spiro atoms. The summed E-state index contributed by atoms with van der Waals surface area (Å²) < 4.78 is 0.756. The van der Waals surface area contributed by atoms with Gasteiger partial charge in [0.1, 0.15) is 5.75 Å². The van der Waals surface area contributed by atoms with Crippen LogP contribution in [0.25, 0.3) is 10.9 Å². The molecule has 2 aromatic carbocycles. The van der Waals surface area contributed by atoms with Gasteiger partial charge in [-0.1, -0.05) is 24.3 Å². The molecule has 0 aliphatic carbocycles.